The lowest BCUT2D eigenvalue weighted by atomic mass is 10.1. The van der Waals surface area contributed by atoms with Crippen molar-refractivity contribution in [2.75, 3.05) is 7.05 Å². The van der Waals surface area contributed by atoms with Crippen LogP contribution in [0.3, 0.4) is 0 Å². The monoisotopic (exact) mass is 371 g/mol. The van der Waals surface area contributed by atoms with Gasteiger partial charge in [0, 0.05) is 13.6 Å². The molecule has 0 fully saturated rings. The lowest BCUT2D eigenvalue weighted by Crippen LogP contribution is -3.00. The lowest BCUT2D eigenvalue weighted by molar-refractivity contribution is -0.670. The van der Waals surface area contributed by atoms with Gasteiger partial charge in [-0.3, -0.25) is 0 Å². The Labute approximate surface area is 130 Å². The second-order valence-corrected chi connectivity index (χ2v) is 4.61. The number of carbonyl (C=O) groups excluding carboxylic acids is 1. The largest absolute Gasteiger partial charge is 1.00 e. The van der Waals surface area contributed by atoms with Crippen molar-refractivity contribution in [1.29, 1.82) is 0 Å². The van der Waals surface area contributed by atoms with E-state index in [4.69, 9.17) is 0 Å². The lowest BCUT2D eigenvalue weighted by Gasteiger charge is -2.14. The fourth-order valence-corrected chi connectivity index (χ4v) is 1.80. The first-order valence-electron chi connectivity index (χ1n) is 5.90. The molecule has 0 aliphatic rings. The van der Waals surface area contributed by atoms with Crippen LogP contribution in [0.2, 0.25) is 0 Å². The number of halogens is 1. The van der Waals surface area contributed by atoms with Crippen molar-refractivity contribution in [3.05, 3.63) is 54.1 Å². The molecule has 0 unspecified atom stereocenters. The Kier molecular flexibility index (Phi) is 5.53. The van der Waals surface area contributed by atoms with Gasteiger partial charge in [-0.2, -0.15) is 4.57 Å². The fourth-order valence-electron chi connectivity index (χ4n) is 1.80. The number of carbonyl (C=O) groups is 1. The van der Waals surface area contributed by atoms with E-state index in [1.807, 2.05) is 24.9 Å². The Morgan fingerprint density at radius 2 is 1.95 bits per heavy atom. The van der Waals surface area contributed by atoms with Crippen LogP contribution >= 0.6 is 0 Å². The van der Waals surface area contributed by atoms with Crippen molar-refractivity contribution >= 4 is 6.03 Å². The molecule has 0 atom stereocenters. The first kappa shape index (κ1) is 15.7. The summed E-state index contributed by atoms with van der Waals surface area (Å²) in [5, 5.41) is 0. The third-order valence-corrected chi connectivity index (χ3v) is 2.86. The van der Waals surface area contributed by atoms with Gasteiger partial charge in [-0.05, 0) is 12.5 Å². The standard InChI is InChI=1S/C14H18N3O.HI/c1-12-4-6-13(7-5-12)10-16(3)14(18)17-9-8-15(2)11-17;/h4-9,11H,10H2,1-3H3;1H/q+1;/p-1. The number of nitrogens with zero attached hydrogens (tertiary/aromatic N) is 3. The summed E-state index contributed by atoms with van der Waals surface area (Å²) in [6.07, 6.45) is 5.36. The first-order chi connectivity index (χ1) is 8.56. The maximum atomic E-state index is 12.1. The number of aryl methyl sites for hydroxylation is 2. The highest BCUT2D eigenvalue weighted by atomic mass is 127. The Bertz CT molecular complexity index is 548. The van der Waals surface area contributed by atoms with Crippen molar-refractivity contribution in [2.24, 2.45) is 7.05 Å². The zero-order valence-corrected chi connectivity index (χ0v) is 13.5. The number of hydrogen-bond donors (Lipinski definition) is 0. The van der Waals surface area contributed by atoms with Crippen LogP contribution in [-0.2, 0) is 13.6 Å². The molecule has 1 heterocycles. The molecule has 0 aliphatic carbocycles. The highest BCUT2D eigenvalue weighted by Crippen LogP contribution is 2.06. The molecule has 0 bridgehead atoms. The molecule has 0 saturated heterocycles. The molecule has 0 spiro atoms. The van der Waals surface area contributed by atoms with Crippen LogP contribution in [0.5, 0.6) is 0 Å². The molecule has 0 aliphatic heterocycles. The van der Waals surface area contributed by atoms with Crippen molar-refractivity contribution in [3.63, 3.8) is 0 Å². The summed E-state index contributed by atoms with van der Waals surface area (Å²) < 4.78 is 3.42. The third-order valence-electron chi connectivity index (χ3n) is 2.86. The summed E-state index contributed by atoms with van der Waals surface area (Å²) in [7, 11) is 3.70. The zero-order valence-electron chi connectivity index (χ0n) is 11.4. The fraction of sp³-hybridized carbons (Fsp3) is 0.286. The van der Waals surface area contributed by atoms with Gasteiger partial charge in [-0.15, -0.1) is 0 Å². The van der Waals surface area contributed by atoms with E-state index >= 15 is 0 Å². The molecule has 0 N–H and O–H groups in total. The molecule has 2 aromatic rings. The molecule has 4 nitrogen and oxygen atoms in total. The number of hydrogen-bond acceptors (Lipinski definition) is 1. The van der Waals surface area contributed by atoms with Crippen molar-refractivity contribution in [3.8, 4) is 0 Å². The van der Waals surface area contributed by atoms with E-state index in [-0.39, 0.29) is 30.0 Å². The Balaban J connectivity index is 0.00000180. The molecule has 1 aromatic heterocycles. The van der Waals surface area contributed by atoms with Gasteiger partial charge in [0.25, 0.3) is 6.33 Å². The average molecular weight is 371 g/mol. The van der Waals surface area contributed by atoms with Crippen molar-refractivity contribution in [1.82, 2.24) is 9.47 Å². The van der Waals surface area contributed by atoms with Gasteiger partial charge < -0.3 is 28.9 Å². The van der Waals surface area contributed by atoms with Gasteiger partial charge in [0.2, 0.25) is 0 Å². The minimum absolute atomic E-state index is 0. The Morgan fingerprint density at radius 1 is 1.32 bits per heavy atom. The topological polar surface area (TPSA) is 29.1 Å². The van der Waals surface area contributed by atoms with E-state index in [9.17, 15) is 4.79 Å². The molecule has 0 saturated carbocycles. The summed E-state index contributed by atoms with van der Waals surface area (Å²) >= 11 is 0. The SMILES string of the molecule is Cc1ccc(CN(C)C(=O)n2cc[n+](C)c2)cc1.[I-]. The predicted octanol–water partition coefficient (Wildman–Crippen LogP) is -1.27. The molecule has 5 heteroatoms. The average Bonchev–Trinajstić information content (AvgIpc) is 2.78. The van der Waals surface area contributed by atoms with Crippen LogP contribution in [0.4, 0.5) is 4.79 Å². The number of imidazole rings is 1. The molecule has 102 valence electrons. The molecule has 1 amide bonds. The second kappa shape index (κ2) is 6.70. The van der Waals surface area contributed by atoms with Gasteiger partial charge in [-0.25, -0.2) is 9.36 Å². The van der Waals surface area contributed by atoms with E-state index < -0.39 is 0 Å². The predicted molar refractivity (Wildman–Crippen MR) is 69.0 cm³/mol. The van der Waals surface area contributed by atoms with E-state index in [0.29, 0.717) is 6.54 Å². The molecule has 19 heavy (non-hydrogen) atoms. The molecular formula is C14H18IN3O. The van der Waals surface area contributed by atoms with Gasteiger partial charge in [-0.1, -0.05) is 29.8 Å². The molecule has 0 radical (unpaired) electrons. The number of aromatic nitrogens is 2. The second-order valence-electron chi connectivity index (χ2n) is 4.61. The van der Waals surface area contributed by atoms with E-state index in [1.165, 1.54) is 5.56 Å². The Hall–Kier alpha value is -1.37. The molecular weight excluding hydrogens is 353 g/mol. The zero-order chi connectivity index (χ0) is 13.1. The minimum atomic E-state index is -0.0313. The third kappa shape index (κ3) is 4.05. The van der Waals surface area contributed by atoms with Crippen LogP contribution in [0.15, 0.2) is 43.0 Å². The summed E-state index contributed by atoms with van der Waals surface area (Å²) in [4.78, 5) is 13.8. The van der Waals surface area contributed by atoms with Crippen molar-refractivity contribution < 1.29 is 33.3 Å². The quantitative estimate of drug-likeness (QED) is 0.478. The van der Waals surface area contributed by atoms with Gasteiger partial charge in [0.1, 0.15) is 12.4 Å². The van der Waals surface area contributed by atoms with Crippen LogP contribution in [0.25, 0.3) is 0 Å². The van der Waals surface area contributed by atoms with Crippen LogP contribution in [0.1, 0.15) is 11.1 Å². The summed E-state index contributed by atoms with van der Waals surface area (Å²) in [5.74, 6) is 0. The first-order valence-corrected chi connectivity index (χ1v) is 5.90. The number of amides is 1. The van der Waals surface area contributed by atoms with Gasteiger partial charge >= 0.3 is 6.03 Å². The highest BCUT2D eigenvalue weighted by molar-refractivity contribution is 5.76. The van der Waals surface area contributed by atoms with Crippen molar-refractivity contribution in [2.45, 2.75) is 13.5 Å². The molecule has 1 aromatic carbocycles. The summed E-state index contributed by atoms with van der Waals surface area (Å²) in [6, 6.07) is 8.19. The van der Waals surface area contributed by atoms with Gasteiger partial charge in [0.15, 0.2) is 0 Å². The normalized spacial score (nSPS) is 9.84. The Morgan fingerprint density at radius 3 is 2.47 bits per heavy atom. The van der Waals surface area contributed by atoms with E-state index in [2.05, 4.69) is 31.2 Å². The smallest absolute Gasteiger partial charge is 0.415 e. The maximum absolute atomic E-state index is 12.1. The maximum Gasteiger partial charge on any atom is 0.415 e. The van der Waals surface area contributed by atoms with Crippen LogP contribution in [-0.4, -0.2) is 22.5 Å². The number of rotatable bonds is 2. The molecule has 2 rings (SSSR count). The van der Waals surface area contributed by atoms with E-state index in [0.717, 1.165) is 5.56 Å². The van der Waals surface area contributed by atoms with Crippen LogP contribution in [0, 0.1) is 6.92 Å². The van der Waals surface area contributed by atoms with Crippen LogP contribution < -0.4 is 28.5 Å². The highest BCUT2D eigenvalue weighted by Gasteiger charge is 2.16. The van der Waals surface area contributed by atoms with E-state index in [1.54, 1.807) is 22.0 Å². The van der Waals surface area contributed by atoms with Gasteiger partial charge in [0.05, 0.1) is 7.05 Å². The summed E-state index contributed by atoms with van der Waals surface area (Å²) in [6.45, 7) is 2.67. The number of benzene rings is 1. The minimum Gasteiger partial charge on any atom is -1.00 e. The summed E-state index contributed by atoms with van der Waals surface area (Å²) in [5.41, 5.74) is 2.36.